The first kappa shape index (κ1) is 21.1. The van der Waals surface area contributed by atoms with Crippen molar-refractivity contribution in [1.29, 1.82) is 0 Å². The number of sulfonamides is 1. The van der Waals surface area contributed by atoms with Crippen LogP contribution >= 0.6 is 0 Å². The summed E-state index contributed by atoms with van der Waals surface area (Å²) in [7, 11) is -3.36. The summed E-state index contributed by atoms with van der Waals surface area (Å²) in [6.07, 6.45) is 1.80. The molecule has 2 N–H and O–H groups in total. The van der Waals surface area contributed by atoms with Crippen LogP contribution in [0.15, 0.2) is 30.7 Å². The Morgan fingerprint density at radius 1 is 1.19 bits per heavy atom. The largest absolute Gasteiger partial charge is 0.355 e. The Morgan fingerprint density at radius 2 is 2.03 bits per heavy atom. The molecule has 1 unspecified atom stereocenters. The van der Waals surface area contributed by atoms with E-state index in [-0.39, 0.29) is 17.0 Å². The quantitative estimate of drug-likeness (QED) is 0.555. The average molecular weight is 465 g/mol. The highest BCUT2D eigenvalue weighted by Crippen LogP contribution is 2.25. The van der Waals surface area contributed by atoms with Crippen LogP contribution in [0.1, 0.15) is 25.0 Å². The molecule has 2 aliphatic rings. The third-order valence-electron chi connectivity index (χ3n) is 5.78. The topological polar surface area (TPSA) is 117 Å². The minimum atomic E-state index is -3.36. The number of fused-ring (bicyclic) bond motifs is 1. The number of halogens is 2. The van der Waals surface area contributed by atoms with E-state index in [9.17, 15) is 17.2 Å². The van der Waals surface area contributed by atoms with Crippen molar-refractivity contribution in [1.82, 2.24) is 34.6 Å². The maximum Gasteiger partial charge on any atom is 0.282 e. The first-order valence-corrected chi connectivity index (χ1v) is 11.9. The number of nitrogens with zero attached hydrogens (tertiary/aromatic N) is 6. The van der Waals surface area contributed by atoms with E-state index in [0.29, 0.717) is 42.5 Å². The molecule has 0 bridgehead atoms. The van der Waals surface area contributed by atoms with Gasteiger partial charge in [0.1, 0.15) is 28.8 Å². The van der Waals surface area contributed by atoms with E-state index in [1.807, 2.05) is 4.90 Å². The molecule has 0 aromatic carbocycles. The maximum absolute atomic E-state index is 13.1. The van der Waals surface area contributed by atoms with E-state index >= 15 is 0 Å². The summed E-state index contributed by atoms with van der Waals surface area (Å²) in [4.78, 5) is 14.8. The van der Waals surface area contributed by atoms with Crippen molar-refractivity contribution in [3.63, 3.8) is 0 Å². The van der Waals surface area contributed by atoms with Gasteiger partial charge in [-0.05, 0) is 25.0 Å². The predicted octanol–water partition coefficient (Wildman–Crippen LogP) is 0.984. The van der Waals surface area contributed by atoms with E-state index < -0.39 is 16.4 Å². The molecule has 10 nitrogen and oxygen atoms in total. The SMILES string of the molecule is O=S(=O)(NC1CCCN(c2cc(-c3cnc4ccc(C(F)F)nn34)ncn2)C1)C1CNC1. The highest BCUT2D eigenvalue weighted by molar-refractivity contribution is 7.90. The molecule has 2 fully saturated rings. The monoisotopic (exact) mass is 464 g/mol. The average Bonchev–Trinajstić information content (AvgIpc) is 3.15. The Balaban J connectivity index is 1.38. The fourth-order valence-electron chi connectivity index (χ4n) is 3.93. The summed E-state index contributed by atoms with van der Waals surface area (Å²) in [5, 5.41) is 6.58. The number of aromatic nitrogens is 5. The van der Waals surface area contributed by atoms with Gasteiger partial charge in [-0.25, -0.2) is 41.4 Å². The van der Waals surface area contributed by atoms with Crippen LogP contribution < -0.4 is 14.9 Å². The van der Waals surface area contributed by atoms with Gasteiger partial charge in [-0.15, -0.1) is 0 Å². The molecule has 5 rings (SSSR count). The van der Waals surface area contributed by atoms with Gasteiger partial charge in [0.2, 0.25) is 10.0 Å². The van der Waals surface area contributed by atoms with E-state index in [4.69, 9.17) is 0 Å². The molecule has 0 aliphatic carbocycles. The molecule has 0 saturated carbocycles. The lowest BCUT2D eigenvalue weighted by molar-refractivity contribution is 0.144. The fraction of sp³-hybridized carbons (Fsp3) is 0.474. The van der Waals surface area contributed by atoms with Gasteiger partial charge in [0, 0.05) is 38.3 Å². The van der Waals surface area contributed by atoms with Crippen LogP contribution in [0.2, 0.25) is 0 Å². The minimum Gasteiger partial charge on any atom is -0.355 e. The molecule has 3 aromatic heterocycles. The van der Waals surface area contributed by atoms with Crippen LogP contribution in [0.4, 0.5) is 14.6 Å². The molecule has 170 valence electrons. The molecular formula is C19H22F2N8O2S. The van der Waals surface area contributed by atoms with Gasteiger partial charge in [0.05, 0.1) is 11.9 Å². The van der Waals surface area contributed by atoms with Gasteiger partial charge in [-0.2, -0.15) is 5.10 Å². The molecular weight excluding hydrogens is 442 g/mol. The molecule has 3 aromatic rings. The van der Waals surface area contributed by atoms with Gasteiger partial charge in [0.25, 0.3) is 6.43 Å². The summed E-state index contributed by atoms with van der Waals surface area (Å²) in [6, 6.07) is 4.27. The zero-order valence-corrected chi connectivity index (χ0v) is 17.8. The van der Waals surface area contributed by atoms with E-state index in [1.54, 1.807) is 6.07 Å². The predicted molar refractivity (Wildman–Crippen MR) is 113 cm³/mol. The smallest absolute Gasteiger partial charge is 0.282 e. The third kappa shape index (κ3) is 4.02. The van der Waals surface area contributed by atoms with Crippen molar-refractivity contribution in [3.8, 4) is 11.4 Å². The van der Waals surface area contributed by atoms with E-state index in [0.717, 1.165) is 19.4 Å². The van der Waals surface area contributed by atoms with Gasteiger partial charge in [0.15, 0.2) is 5.65 Å². The maximum atomic E-state index is 13.1. The molecule has 2 saturated heterocycles. The second-order valence-electron chi connectivity index (χ2n) is 7.96. The summed E-state index contributed by atoms with van der Waals surface area (Å²) < 4.78 is 55.3. The van der Waals surface area contributed by atoms with Gasteiger partial charge in [-0.3, -0.25) is 0 Å². The summed E-state index contributed by atoms with van der Waals surface area (Å²) in [5.41, 5.74) is 1.05. The standard InChI is InChI=1S/C19H22F2N8O2S/c20-19(21)14-3-4-17-23-9-16(29(17)26-14)15-6-18(25-11-24-15)28-5-1-2-12(10-28)27-32(30,31)13-7-22-8-13/h3-4,6,9,11-13,19,22,27H,1-2,5,7-8,10H2. The minimum absolute atomic E-state index is 0.209. The second kappa shape index (κ2) is 8.30. The van der Waals surface area contributed by atoms with Crippen molar-refractivity contribution >= 4 is 21.5 Å². The lowest BCUT2D eigenvalue weighted by atomic mass is 10.1. The Labute approximate surface area is 183 Å². The zero-order chi connectivity index (χ0) is 22.3. The van der Waals surface area contributed by atoms with E-state index in [1.165, 1.54) is 29.2 Å². The highest BCUT2D eigenvalue weighted by atomic mass is 32.2. The Kier molecular flexibility index (Phi) is 5.47. The number of anilines is 1. The van der Waals surface area contributed by atoms with Crippen LogP contribution in [0.3, 0.4) is 0 Å². The van der Waals surface area contributed by atoms with Gasteiger partial charge >= 0.3 is 0 Å². The molecule has 0 radical (unpaired) electrons. The molecule has 2 aliphatic heterocycles. The number of rotatable bonds is 6. The first-order chi connectivity index (χ1) is 15.4. The molecule has 0 spiro atoms. The Hall–Kier alpha value is -2.77. The van der Waals surface area contributed by atoms with Crippen LogP contribution in [0, 0.1) is 0 Å². The fourth-order valence-corrected chi connectivity index (χ4v) is 5.45. The van der Waals surface area contributed by atoms with Crippen molar-refractivity contribution in [2.75, 3.05) is 31.1 Å². The normalized spacial score (nSPS) is 20.1. The first-order valence-electron chi connectivity index (χ1n) is 10.3. The third-order valence-corrected chi connectivity index (χ3v) is 7.65. The lowest BCUT2D eigenvalue weighted by Crippen LogP contribution is -2.58. The number of imidazole rings is 1. The number of nitrogens with one attached hydrogen (secondary N) is 2. The van der Waals surface area contributed by atoms with Crippen molar-refractivity contribution in [2.24, 2.45) is 0 Å². The molecule has 1 atom stereocenters. The number of hydrogen-bond acceptors (Lipinski definition) is 8. The number of alkyl halides is 2. The van der Waals surface area contributed by atoms with Gasteiger partial charge in [-0.1, -0.05) is 0 Å². The lowest BCUT2D eigenvalue weighted by Gasteiger charge is -2.35. The summed E-state index contributed by atoms with van der Waals surface area (Å²) in [6.45, 7) is 2.15. The van der Waals surface area contributed by atoms with Crippen LogP contribution in [-0.2, 0) is 10.0 Å². The van der Waals surface area contributed by atoms with E-state index in [2.05, 4.69) is 30.1 Å². The molecule has 0 amide bonds. The number of piperidine rings is 1. The van der Waals surface area contributed by atoms with Gasteiger partial charge < -0.3 is 10.2 Å². The second-order valence-corrected chi connectivity index (χ2v) is 9.95. The zero-order valence-electron chi connectivity index (χ0n) is 17.0. The molecule has 5 heterocycles. The highest BCUT2D eigenvalue weighted by Gasteiger charge is 2.34. The van der Waals surface area contributed by atoms with Crippen LogP contribution in [0.5, 0.6) is 0 Å². The summed E-state index contributed by atoms with van der Waals surface area (Å²) >= 11 is 0. The van der Waals surface area contributed by atoms with Crippen LogP contribution in [-0.4, -0.2) is 70.5 Å². The molecule has 32 heavy (non-hydrogen) atoms. The molecule has 13 heteroatoms. The number of hydrogen-bond donors (Lipinski definition) is 2. The Morgan fingerprint density at radius 3 is 2.78 bits per heavy atom. The Bertz CT molecular complexity index is 1230. The van der Waals surface area contributed by atoms with Crippen molar-refractivity contribution in [3.05, 3.63) is 36.4 Å². The summed E-state index contributed by atoms with van der Waals surface area (Å²) in [5.74, 6) is 0.629. The van der Waals surface area contributed by atoms with Crippen LogP contribution in [0.25, 0.3) is 17.0 Å². The van der Waals surface area contributed by atoms with Crippen molar-refractivity contribution < 1.29 is 17.2 Å². The van der Waals surface area contributed by atoms with Crippen molar-refractivity contribution in [2.45, 2.75) is 30.6 Å².